The number of nitrogens with zero attached hydrogens (tertiary/aromatic N) is 2. The van der Waals surface area contributed by atoms with Gasteiger partial charge < -0.3 is 9.84 Å². The number of hydrogen-bond acceptors (Lipinski definition) is 5. The zero-order valence-corrected chi connectivity index (χ0v) is 14.3. The maximum atomic E-state index is 12.4. The molecule has 0 aliphatic heterocycles. The highest BCUT2D eigenvalue weighted by Gasteiger charge is 2.29. The van der Waals surface area contributed by atoms with E-state index in [4.69, 9.17) is 9.84 Å². The first-order valence-corrected chi connectivity index (χ1v) is 8.67. The van der Waals surface area contributed by atoms with Gasteiger partial charge in [0.15, 0.2) is 0 Å². The van der Waals surface area contributed by atoms with E-state index in [0.717, 1.165) is 6.20 Å². The summed E-state index contributed by atoms with van der Waals surface area (Å²) in [6.07, 6.45) is 2.47. The van der Waals surface area contributed by atoms with Crippen molar-refractivity contribution in [2.75, 3.05) is 7.11 Å². The number of benzene rings is 1. The number of aliphatic carboxylic acids is 1. The third-order valence-corrected chi connectivity index (χ3v) is 4.81. The summed E-state index contributed by atoms with van der Waals surface area (Å²) in [4.78, 5) is 11.1. The van der Waals surface area contributed by atoms with Gasteiger partial charge in [-0.15, -0.1) is 0 Å². The molecule has 0 saturated carbocycles. The van der Waals surface area contributed by atoms with Gasteiger partial charge in [0.05, 0.1) is 19.5 Å². The molecule has 2 N–H and O–H groups in total. The molecule has 1 atom stereocenters. The van der Waals surface area contributed by atoms with E-state index < -0.39 is 28.0 Å². The van der Waals surface area contributed by atoms with Crippen molar-refractivity contribution in [3.63, 3.8) is 0 Å². The van der Waals surface area contributed by atoms with Crippen molar-refractivity contribution in [2.24, 2.45) is 5.92 Å². The van der Waals surface area contributed by atoms with Crippen molar-refractivity contribution >= 4 is 16.0 Å². The van der Waals surface area contributed by atoms with Gasteiger partial charge in [-0.25, -0.2) is 13.1 Å². The average Bonchev–Trinajstić information content (AvgIpc) is 3.02. The van der Waals surface area contributed by atoms with Crippen LogP contribution in [0.3, 0.4) is 0 Å². The summed E-state index contributed by atoms with van der Waals surface area (Å²) in [5.74, 6) is -1.10. The first-order chi connectivity index (χ1) is 11.3. The molecule has 9 heteroatoms. The fraction of sp³-hybridized carbons (Fsp3) is 0.333. The van der Waals surface area contributed by atoms with Gasteiger partial charge >= 0.3 is 5.97 Å². The molecular formula is C15H19N3O5S. The van der Waals surface area contributed by atoms with Gasteiger partial charge in [0.25, 0.3) is 0 Å². The van der Waals surface area contributed by atoms with Gasteiger partial charge in [-0.2, -0.15) is 9.82 Å². The quantitative estimate of drug-likeness (QED) is 0.775. The molecule has 0 aliphatic rings. The number of nitrogens with one attached hydrogen (secondary N) is 1. The van der Waals surface area contributed by atoms with Crippen molar-refractivity contribution in [1.82, 2.24) is 14.5 Å². The van der Waals surface area contributed by atoms with Crippen molar-refractivity contribution in [1.29, 1.82) is 0 Å². The van der Waals surface area contributed by atoms with E-state index in [1.807, 2.05) is 0 Å². The van der Waals surface area contributed by atoms with Crippen LogP contribution < -0.4 is 9.46 Å². The third kappa shape index (κ3) is 3.74. The Labute approximate surface area is 140 Å². The second kappa shape index (κ2) is 7.02. The molecule has 8 nitrogen and oxygen atoms in total. The molecule has 0 bridgehead atoms. The van der Waals surface area contributed by atoms with E-state index >= 15 is 0 Å². The van der Waals surface area contributed by atoms with Crippen LogP contribution in [0.5, 0.6) is 5.75 Å². The zero-order chi connectivity index (χ0) is 17.9. The number of aromatic nitrogens is 2. The molecule has 0 amide bonds. The summed E-state index contributed by atoms with van der Waals surface area (Å²) >= 11 is 0. The lowest BCUT2D eigenvalue weighted by Crippen LogP contribution is -2.44. The van der Waals surface area contributed by atoms with Gasteiger partial charge in [0, 0.05) is 0 Å². The number of para-hydroxylation sites is 2. The summed E-state index contributed by atoms with van der Waals surface area (Å²) < 4.78 is 33.6. The Morgan fingerprint density at radius 2 is 2.00 bits per heavy atom. The number of methoxy groups -OCH3 is 1. The zero-order valence-electron chi connectivity index (χ0n) is 13.5. The highest BCUT2D eigenvalue weighted by Crippen LogP contribution is 2.22. The van der Waals surface area contributed by atoms with Crippen LogP contribution >= 0.6 is 0 Å². The molecule has 0 spiro atoms. The predicted molar refractivity (Wildman–Crippen MR) is 86.7 cm³/mol. The van der Waals surface area contributed by atoms with E-state index in [2.05, 4.69) is 9.82 Å². The topological polar surface area (TPSA) is 111 Å². The molecule has 2 rings (SSSR count). The lowest BCUT2D eigenvalue weighted by Gasteiger charge is -2.17. The van der Waals surface area contributed by atoms with Crippen molar-refractivity contribution < 1.29 is 23.1 Å². The lowest BCUT2D eigenvalue weighted by molar-refractivity contribution is -0.140. The predicted octanol–water partition coefficient (Wildman–Crippen LogP) is 1.27. The first-order valence-electron chi connectivity index (χ1n) is 7.19. The minimum atomic E-state index is -4.01. The Morgan fingerprint density at radius 1 is 1.33 bits per heavy atom. The molecule has 0 saturated heterocycles. The number of ether oxygens (including phenoxy) is 1. The van der Waals surface area contributed by atoms with Crippen LogP contribution in [-0.4, -0.2) is 42.4 Å². The fourth-order valence-corrected chi connectivity index (χ4v) is 3.37. The first kappa shape index (κ1) is 18.0. The van der Waals surface area contributed by atoms with Gasteiger partial charge in [0.1, 0.15) is 22.4 Å². The summed E-state index contributed by atoms with van der Waals surface area (Å²) in [5.41, 5.74) is 0.570. The molecule has 0 fully saturated rings. The van der Waals surface area contributed by atoms with Crippen LogP contribution in [0.2, 0.25) is 0 Å². The van der Waals surface area contributed by atoms with E-state index in [1.165, 1.54) is 18.0 Å². The van der Waals surface area contributed by atoms with E-state index in [-0.39, 0.29) is 4.90 Å². The summed E-state index contributed by atoms with van der Waals surface area (Å²) in [6.45, 7) is 3.25. The highest BCUT2D eigenvalue weighted by atomic mass is 32.2. The summed E-state index contributed by atoms with van der Waals surface area (Å²) in [6, 6.07) is 5.78. The Balaban J connectivity index is 2.34. The summed E-state index contributed by atoms with van der Waals surface area (Å²) in [5, 5.41) is 13.2. The number of hydrogen-bond donors (Lipinski definition) is 2. The highest BCUT2D eigenvalue weighted by molar-refractivity contribution is 7.89. The maximum Gasteiger partial charge on any atom is 0.322 e. The van der Waals surface area contributed by atoms with Crippen LogP contribution in [-0.2, 0) is 14.8 Å². The number of carbonyl (C=O) groups is 1. The fourth-order valence-electron chi connectivity index (χ4n) is 2.10. The van der Waals surface area contributed by atoms with E-state index in [0.29, 0.717) is 11.4 Å². The smallest absolute Gasteiger partial charge is 0.322 e. The Kier molecular flexibility index (Phi) is 5.25. The second-order valence-electron chi connectivity index (χ2n) is 5.47. The van der Waals surface area contributed by atoms with Crippen LogP contribution in [0.1, 0.15) is 13.8 Å². The van der Waals surface area contributed by atoms with E-state index in [1.54, 1.807) is 38.1 Å². The average molecular weight is 353 g/mol. The molecule has 1 aromatic heterocycles. The van der Waals surface area contributed by atoms with Gasteiger partial charge in [-0.1, -0.05) is 26.0 Å². The van der Waals surface area contributed by atoms with Crippen LogP contribution in [0.15, 0.2) is 41.6 Å². The van der Waals surface area contributed by atoms with Gasteiger partial charge in [-0.3, -0.25) is 4.79 Å². The molecule has 130 valence electrons. The second-order valence-corrected chi connectivity index (χ2v) is 7.19. The molecule has 1 heterocycles. The minimum absolute atomic E-state index is 0.125. The molecule has 2 aromatic rings. The largest absolute Gasteiger partial charge is 0.494 e. The normalized spacial score (nSPS) is 13.0. The van der Waals surface area contributed by atoms with E-state index in [9.17, 15) is 13.2 Å². The van der Waals surface area contributed by atoms with Crippen molar-refractivity contribution in [2.45, 2.75) is 24.8 Å². The number of sulfonamides is 1. The SMILES string of the molecule is COc1ccccc1-n1cc(S(=O)(=O)N[C@@H](C(=O)O)C(C)C)cn1. The monoisotopic (exact) mass is 353 g/mol. The molecular weight excluding hydrogens is 334 g/mol. The Morgan fingerprint density at radius 3 is 2.58 bits per heavy atom. The Hall–Kier alpha value is -2.39. The maximum absolute atomic E-state index is 12.4. The van der Waals surface area contributed by atoms with Crippen molar-refractivity contribution in [3.8, 4) is 11.4 Å². The number of rotatable bonds is 7. The van der Waals surface area contributed by atoms with Gasteiger partial charge in [0.2, 0.25) is 10.0 Å². The molecule has 0 radical (unpaired) electrons. The van der Waals surface area contributed by atoms with Gasteiger partial charge in [-0.05, 0) is 18.1 Å². The number of carboxylic acids is 1. The molecule has 1 aromatic carbocycles. The van der Waals surface area contributed by atoms with Crippen molar-refractivity contribution in [3.05, 3.63) is 36.7 Å². The standard InChI is InChI=1S/C15H19N3O5S/c1-10(2)14(15(19)20)17-24(21,22)11-8-16-18(9-11)12-6-4-5-7-13(12)23-3/h4-10,14,17H,1-3H3,(H,19,20)/t14-/m1/s1. The molecule has 0 aliphatic carbocycles. The molecule has 0 unspecified atom stereocenters. The van der Waals surface area contributed by atoms with Crippen LogP contribution in [0.4, 0.5) is 0 Å². The third-order valence-electron chi connectivity index (χ3n) is 3.42. The minimum Gasteiger partial charge on any atom is -0.494 e. The lowest BCUT2D eigenvalue weighted by atomic mass is 10.1. The summed E-state index contributed by atoms with van der Waals surface area (Å²) in [7, 11) is -2.51. The van der Waals surface area contributed by atoms with Crippen LogP contribution in [0, 0.1) is 5.92 Å². The van der Waals surface area contributed by atoms with Crippen LogP contribution in [0.25, 0.3) is 5.69 Å². The molecule has 24 heavy (non-hydrogen) atoms. The Bertz CT molecular complexity index is 829. The number of carboxylic acid groups (broad SMARTS) is 1.